The molecule has 0 heterocycles. The predicted molar refractivity (Wildman–Crippen MR) is 55.4 cm³/mol. The van der Waals surface area contributed by atoms with Crippen LogP contribution in [0.4, 0.5) is 0 Å². The van der Waals surface area contributed by atoms with Crippen LogP contribution in [0.1, 0.15) is 35.3 Å². The van der Waals surface area contributed by atoms with Crippen molar-refractivity contribution in [3.63, 3.8) is 0 Å². The van der Waals surface area contributed by atoms with E-state index in [2.05, 4.69) is 0 Å². The van der Waals surface area contributed by atoms with Crippen LogP contribution in [0, 0.1) is 0 Å². The number of nitrogens with two attached hydrogens (primary N) is 1. The molecule has 1 aromatic carbocycles. The molecule has 3 N–H and O–H groups in total. The van der Waals surface area contributed by atoms with E-state index in [0.717, 1.165) is 17.5 Å². The van der Waals surface area contributed by atoms with Crippen LogP contribution in [0.25, 0.3) is 0 Å². The first-order chi connectivity index (χ1) is 6.61. The largest absolute Gasteiger partial charge is 0.507 e. The van der Waals surface area contributed by atoms with Gasteiger partial charge in [-0.2, -0.15) is 0 Å². The van der Waals surface area contributed by atoms with Crippen molar-refractivity contribution in [2.45, 2.75) is 26.7 Å². The molecular formula is C11H15CuNO2. The molecule has 0 saturated heterocycles. The average Bonchev–Trinajstić information content (AvgIpc) is 2.16. The zero-order valence-electron chi connectivity index (χ0n) is 8.80. The fourth-order valence-corrected chi connectivity index (χ4v) is 1.60. The molecule has 0 aliphatic rings. The van der Waals surface area contributed by atoms with E-state index in [1.807, 2.05) is 19.9 Å². The molecule has 0 spiro atoms. The molecule has 1 aromatic rings. The predicted octanol–water partition coefficient (Wildman–Crippen LogP) is 1.61. The van der Waals surface area contributed by atoms with Crippen LogP contribution in [0.3, 0.4) is 0 Å². The summed E-state index contributed by atoms with van der Waals surface area (Å²) >= 11 is 0. The summed E-state index contributed by atoms with van der Waals surface area (Å²) in [6.45, 7) is 3.96. The third kappa shape index (κ3) is 2.74. The molecule has 0 aliphatic carbocycles. The second-order valence-corrected chi connectivity index (χ2v) is 3.17. The number of hydrogen-bond acceptors (Lipinski definition) is 2. The van der Waals surface area contributed by atoms with Gasteiger partial charge in [-0.25, -0.2) is 0 Å². The van der Waals surface area contributed by atoms with E-state index in [4.69, 9.17) is 5.73 Å². The third-order valence-electron chi connectivity index (χ3n) is 2.38. The van der Waals surface area contributed by atoms with Gasteiger partial charge in [-0.05, 0) is 30.0 Å². The van der Waals surface area contributed by atoms with Gasteiger partial charge in [0.1, 0.15) is 5.75 Å². The van der Waals surface area contributed by atoms with E-state index in [-0.39, 0.29) is 28.4 Å². The molecule has 0 aliphatic heterocycles. The van der Waals surface area contributed by atoms with Crippen molar-refractivity contribution in [1.29, 1.82) is 0 Å². The molecule has 0 atom stereocenters. The summed E-state index contributed by atoms with van der Waals surface area (Å²) in [5, 5.41) is 9.77. The zero-order chi connectivity index (χ0) is 10.7. The zero-order valence-corrected chi connectivity index (χ0v) is 9.74. The van der Waals surface area contributed by atoms with Gasteiger partial charge in [-0.1, -0.05) is 19.9 Å². The number of hydrogen-bond donors (Lipinski definition) is 2. The van der Waals surface area contributed by atoms with Gasteiger partial charge in [0.2, 0.25) is 0 Å². The molecule has 15 heavy (non-hydrogen) atoms. The Kier molecular flexibility index (Phi) is 5.40. The van der Waals surface area contributed by atoms with Crippen LogP contribution in [0.15, 0.2) is 12.1 Å². The van der Waals surface area contributed by atoms with Gasteiger partial charge in [0, 0.05) is 17.1 Å². The molecule has 1 rings (SSSR count). The smallest absolute Gasteiger partial charge is 0.252 e. The number of carbonyl (C=O) groups excluding carboxylic acids is 1. The standard InChI is InChI=1S/C11H15NO2.Cu/c1-3-7-5-6-9(11(12)14)10(13)8(7)4-2;/h5-6,13H,3-4H2,1-2H3,(H2,12,14);. The van der Waals surface area contributed by atoms with E-state index in [1.165, 1.54) is 0 Å². The van der Waals surface area contributed by atoms with Crippen molar-refractivity contribution in [3.05, 3.63) is 28.8 Å². The van der Waals surface area contributed by atoms with E-state index >= 15 is 0 Å². The van der Waals surface area contributed by atoms with Gasteiger partial charge in [0.25, 0.3) is 5.91 Å². The monoisotopic (exact) mass is 256 g/mol. The minimum Gasteiger partial charge on any atom is -0.507 e. The summed E-state index contributed by atoms with van der Waals surface area (Å²) in [6.07, 6.45) is 1.55. The van der Waals surface area contributed by atoms with Crippen LogP contribution >= 0.6 is 0 Å². The van der Waals surface area contributed by atoms with Crippen molar-refractivity contribution in [2.75, 3.05) is 0 Å². The Bertz CT molecular complexity index is 364. The molecule has 3 nitrogen and oxygen atoms in total. The fraction of sp³-hybridized carbons (Fsp3) is 0.364. The number of aryl methyl sites for hydroxylation is 1. The Morgan fingerprint density at radius 3 is 2.33 bits per heavy atom. The Hall–Kier alpha value is -0.991. The van der Waals surface area contributed by atoms with Crippen LogP contribution in [-0.4, -0.2) is 11.0 Å². The SMILES string of the molecule is CCc1ccc(C(N)=O)c(O)c1CC.[Cu]. The number of amides is 1. The Morgan fingerprint density at radius 2 is 1.93 bits per heavy atom. The second kappa shape index (κ2) is 5.79. The minimum atomic E-state index is -0.583. The van der Waals surface area contributed by atoms with Gasteiger partial charge in [-0.3, -0.25) is 4.79 Å². The van der Waals surface area contributed by atoms with Gasteiger partial charge in [0.05, 0.1) is 5.56 Å². The summed E-state index contributed by atoms with van der Waals surface area (Å²) < 4.78 is 0. The van der Waals surface area contributed by atoms with Crippen LogP contribution < -0.4 is 5.73 Å². The first-order valence-corrected chi connectivity index (χ1v) is 4.75. The van der Waals surface area contributed by atoms with Crippen molar-refractivity contribution in [3.8, 4) is 5.75 Å². The average molecular weight is 257 g/mol. The summed E-state index contributed by atoms with van der Waals surface area (Å²) in [6, 6.07) is 3.42. The van der Waals surface area contributed by atoms with E-state index in [0.29, 0.717) is 6.42 Å². The van der Waals surface area contributed by atoms with E-state index in [9.17, 15) is 9.90 Å². The molecular weight excluding hydrogens is 242 g/mol. The van der Waals surface area contributed by atoms with Crippen molar-refractivity contribution >= 4 is 5.91 Å². The second-order valence-electron chi connectivity index (χ2n) is 3.17. The number of primary amides is 1. The third-order valence-corrected chi connectivity index (χ3v) is 2.38. The molecule has 87 valence electrons. The van der Waals surface area contributed by atoms with Gasteiger partial charge in [-0.15, -0.1) is 0 Å². The normalized spacial score (nSPS) is 9.47. The maximum Gasteiger partial charge on any atom is 0.252 e. The minimum absolute atomic E-state index is 0. The molecule has 1 amide bonds. The summed E-state index contributed by atoms with van der Waals surface area (Å²) in [5.74, 6) is -0.542. The quantitative estimate of drug-likeness (QED) is 0.808. The molecule has 0 aromatic heterocycles. The number of benzene rings is 1. The van der Waals surface area contributed by atoms with Crippen LogP contribution in [-0.2, 0) is 29.9 Å². The Balaban J connectivity index is 0.00000196. The number of aromatic hydroxyl groups is 1. The summed E-state index contributed by atoms with van der Waals surface area (Å²) in [5.41, 5.74) is 7.23. The van der Waals surface area contributed by atoms with Crippen molar-refractivity contribution in [1.82, 2.24) is 0 Å². The van der Waals surface area contributed by atoms with Crippen molar-refractivity contribution in [2.24, 2.45) is 5.73 Å². The molecule has 0 saturated carbocycles. The Labute approximate surface area is 100 Å². The van der Waals surface area contributed by atoms with Gasteiger partial charge >= 0.3 is 0 Å². The molecule has 1 radical (unpaired) electrons. The Morgan fingerprint density at radius 1 is 1.33 bits per heavy atom. The van der Waals surface area contributed by atoms with E-state index in [1.54, 1.807) is 6.07 Å². The van der Waals surface area contributed by atoms with Gasteiger partial charge in [0.15, 0.2) is 0 Å². The maximum atomic E-state index is 11.0. The molecule has 0 fully saturated rings. The molecule has 0 unspecified atom stereocenters. The number of rotatable bonds is 3. The maximum absolute atomic E-state index is 11.0. The number of carbonyl (C=O) groups is 1. The summed E-state index contributed by atoms with van der Waals surface area (Å²) in [4.78, 5) is 11.0. The van der Waals surface area contributed by atoms with E-state index < -0.39 is 5.91 Å². The van der Waals surface area contributed by atoms with Crippen LogP contribution in [0.2, 0.25) is 0 Å². The molecule has 4 heteroatoms. The first-order valence-electron chi connectivity index (χ1n) is 4.75. The van der Waals surface area contributed by atoms with Crippen LogP contribution in [0.5, 0.6) is 5.75 Å². The summed E-state index contributed by atoms with van der Waals surface area (Å²) in [7, 11) is 0. The molecule has 0 bridgehead atoms. The van der Waals surface area contributed by atoms with Gasteiger partial charge < -0.3 is 10.8 Å². The topological polar surface area (TPSA) is 63.3 Å². The number of phenols is 1. The van der Waals surface area contributed by atoms with Crippen molar-refractivity contribution < 1.29 is 27.0 Å². The fourth-order valence-electron chi connectivity index (χ4n) is 1.60. The first kappa shape index (κ1) is 14.0.